The van der Waals surface area contributed by atoms with Crippen molar-refractivity contribution < 1.29 is 5.06 Å². The van der Waals surface area contributed by atoms with Gasteiger partial charge in [-0.2, -0.15) is 0 Å². The topological polar surface area (TPSA) is 27.5 Å². The zero-order chi connectivity index (χ0) is 5.44. The van der Waals surface area contributed by atoms with Crippen LogP contribution in [-0.2, 0) is 0 Å². The molecular weight excluding hydrogens is 90.1 g/mol. The molecule has 2 unspecified atom stereocenters. The van der Waals surface area contributed by atoms with E-state index in [1.807, 2.05) is 6.92 Å². The summed E-state index contributed by atoms with van der Waals surface area (Å²) in [6.45, 7) is 4.06. The molecule has 0 amide bonds. The minimum atomic E-state index is 0.394. The Morgan fingerprint density at radius 2 is 2.14 bits per heavy atom. The summed E-state index contributed by atoms with van der Waals surface area (Å²) in [5.74, 6) is 0. The zero-order valence-electron chi connectivity index (χ0n) is 4.77. The highest BCUT2D eigenvalue weighted by atomic mass is 16.5. The van der Waals surface area contributed by atoms with E-state index in [1.165, 1.54) is 0 Å². The van der Waals surface area contributed by atoms with Crippen molar-refractivity contribution >= 4 is 0 Å². The van der Waals surface area contributed by atoms with Crippen LogP contribution in [0.1, 0.15) is 20.3 Å². The SMILES string of the molecule is CCC1[C@@H](C)[NH+]1[O-]. The molecule has 0 aromatic rings. The largest absolute Gasteiger partial charge is 0.634 e. The molecule has 2 nitrogen and oxygen atoms in total. The van der Waals surface area contributed by atoms with Crippen LogP contribution in [0.4, 0.5) is 0 Å². The molecule has 1 heterocycles. The summed E-state index contributed by atoms with van der Waals surface area (Å²) in [6, 6.07) is 0.824. The summed E-state index contributed by atoms with van der Waals surface area (Å²) in [7, 11) is 0. The second kappa shape index (κ2) is 1.46. The quantitative estimate of drug-likeness (QED) is 0.351. The molecule has 2 heteroatoms. The highest BCUT2D eigenvalue weighted by Gasteiger charge is 2.42. The minimum Gasteiger partial charge on any atom is -0.634 e. The van der Waals surface area contributed by atoms with Crippen LogP contribution in [0, 0.1) is 5.21 Å². The fourth-order valence-corrected chi connectivity index (χ4v) is 0.987. The van der Waals surface area contributed by atoms with E-state index in [2.05, 4.69) is 6.92 Å². The van der Waals surface area contributed by atoms with Gasteiger partial charge in [0.1, 0.15) is 12.1 Å². The summed E-state index contributed by atoms with van der Waals surface area (Å²) in [4.78, 5) is 0. The Morgan fingerprint density at radius 3 is 2.14 bits per heavy atom. The fourth-order valence-electron chi connectivity index (χ4n) is 0.987. The molecule has 1 N–H and O–H groups in total. The van der Waals surface area contributed by atoms with Crippen molar-refractivity contribution in [2.24, 2.45) is 0 Å². The lowest BCUT2D eigenvalue weighted by atomic mass is 10.3. The Hall–Kier alpha value is -0.0800. The fraction of sp³-hybridized carbons (Fsp3) is 1.00. The van der Waals surface area contributed by atoms with Gasteiger partial charge in [-0.1, -0.05) is 6.92 Å². The monoisotopic (exact) mass is 101 g/mol. The molecule has 1 aliphatic rings. The average Bonchev–Trinajstić information content (AvgIpc) is 2.17. The van der Waals surface area contributed by atoms with Gasteiger partial charge in [-0.25, -0.2) is 0 Å². The predicted octanol–water partition coefficient (Wildman–Crippen LogP) is -0.450. The number of rotatable bonds is 1. The predicted molar refractivity (Wildman–Crippen MR) is 27.9 cm³/mol. The molecule has 1 fully saturated rings. The standard InChI is InChI=1S/C5H11NO/c1-3-5-4(2)6(5)7/h4-6H,3H2,1-2H3/t4-,5?/m1/s1. The summed E-state index contributed by atoms with van der Waals surface area (Å²) < 4.78 is 0. The van der Waals surface area contributed by atoms with Crippen molar-refractivity contribution in [3.05, 3.63) is 5.21 Å². The molecule has 1 saturated heterocycles. The highest BCUT2D eigenvalue weighted by Crippen LogP contribution is 2.02. The molecular formula is C5H11NO. The van der Waals surface area contributed by atoms with Crippen LogP contribution < -0.4 is 5.06 Å². The third kappa shape index (κ3) is 0.640. The van der Waals surface area contributed by atoms with Gasteiger partial charge in [0.05, 0.1) is 0 Å². The van der Waals surface area contributed by atoms with Crippen LogP contribution in [-0.4, -0.2) is 12.1 Å². The van der Waals surface area contributed by atoms with E-state index in [0.29, 0.717) is 17.1 Å². The van der Waals surface area contributed by atoms with Crippen LogP contribution in [0.3, 0.4) is 0 Å². The van der Waals surface area contributed by atoms with Crippen molar-refractivity contribution in [2.75, 3.05) is 0 Å². The first-order valence-corrected chi connectivity index (χ1v) is 2.81. The van der Waals surface area contributed by atoms with Gasteiger partial charge >= 0.3 is 0 Å². The number of hydroxylamine groups is 2. The van der Waals surface area contributed by atoms with Crippen LogP contribution >= 0.6 is 0 Å². The van der Waals surface area contributed by atoms with E-state index in [0.717, 1.165) is 6.42 Å². The second-order valence-electron chi connectivity index (χ2n) is 2.21. The molecule has 0 aliphatic carbocycles. The maximum atomic E-state index is 10.4. The lowest BCUT2D eigenvalue weighted by Gasteiger charge is -1.94. The van der Waals surface area contributed by atoms with Gasteiger partial charge in [0.2, 0.25) is 0 Å². The molecule has 3 atom stereocenters. The van der Waals surface area contributed by atoms with E-state index in [4.69, 9.17) is 0 Å². The Morgan fingerprint density at radius 1 is 1.71 bits per heavy atom. The van der Waals surface area contributed by atoms with Crippen LogP contribution in [0.15, 0.2) is 0 Å². The Balaban J connectivity index is 2.24. The molecule has 0 aromatic carbocycles. The van der Waals surface area contributed by atoms with Gasteiger partial charge in [0, 0.05) is 6.42 Å². The maximum absolute atomic E-state index is 10.4. The average molecular weight is 101 g/mol. The van der Waals surface area contributed by atoms with Crippen molar-refractivity contribution in [3.63, 3.8) is 0 Å². The molecule has 0 bridgehead atoms. The van der Waals surface area contributed by atoms with E-state index < -0.39 is 0 Å². The highest BCUT2D eigenvalue weighted by molar-refractivity contribution is 4.74. The van der Waals surface area contributed by atoms with E-state index in [1.54, 1.807) is 0 Å². The van der Waals surface area contributed by atoms with Crippen molar-refractivity contribution in [3.8, 4) is 0 Å². The first-order chi connectivity index (χ1) is 3.27. The molecule has 1 aliphatic heterocycles. The summed E-state index contributed by atoms with van der Waals surface area (Å²) >= 11 is 0. The van der Waals surface area contributed by atoms with E-state index in [-0.39, 0.29) is 0 Å². The van der Waals surface area contributed by atoms with E-state index in [9.17, 15) is 5.21 Å². The second-order valence-corrected chi connectivity index (χ2v) is 2.21. The summed E-state index contributed by atoms with van der Waals surface area (Å²) in [5, 5.41) is 10.9. The number of hydrogen-bond donors (Lipinski definition) is 1. The molecule has 42 valence electrons. The smallest absolute Gasteiger partial charge is 0.140 e. The number of quaternary nitrogens is 1. The summed E-state index contributed by atoms with van der Waals surface area (Å²) in [5.41, 5.74) is 0. The van der Waals surface area contributed by atoms with Crippen LogP contribution in [0.25, 0.3) is 0 Å². The van der Waals surface area contributed by atoms with Crippen LogP contribution in [0.5, 0.6) is 0 Å². The molecule has 0 radical (unpaired) electrons. The number of nitrogens with one attached hydrogen (secondary N) is 1. The van der Waals surface area contributed by atoms with Gasteiger partial charge in [-0.15, -0.1) is 0 Å². The first kappa shape index (κ1) is 5.06. The molecule has 0 saturated carbocycles. The Bertz CT molecular complexity index is 66.5. The molecule has 7 heavy (non-hydrogen) atoms. The Labute approximate surface area is 43.7 Å². The first-order valence-electron chi connectivity index (χ1n) is 2.81. The maximum Gasteiger partial charge on any atom is 0.140 e. The van der Waals surface area contributed by atoms with Crippen molar-refractivity contribution in [1.29, 1.82) is 0 Å². The summed E-state index contributed by atoms with van der Waals surface area (Å²) in [6.07, 6.45) is 1.04. The van der Waals surface area contributed by atoms with Crippen molar-refractivity contribution in [1.82, 2.24) is 0 Å². The third-order valence-corrected chi connectivity index (χ3v) is 1.75. The van der Waals surface area contributed by atoms with E-state index >= 15 is 0 Å². The van der Waals surface area contributed by atoms with Crippen molar-refractivity contribution in [2.45, 2.75) is 32.4 Å². The lowest BCUT2D eigenvalue weighted by Crippen LogP contribution is -2.89. The molecule has 0 aromatic heterocycles. The minimum absolute atomic E-state index is 0.394. The lowest BCUT2D eigenvalue weighted by molar-refractivity contribution is -0.728. The normalized spacial score (nSPS) is 49.3. The van der Waals surface area contributed by atoms with Gasteiger partial charge in [0.25, 0.3) is 0 Å². The van der Waals surface area contributed by atoms with Crippen LogP contribution in [0.2, 0.25) is 0 Å². The van der Waals surface area contributed by atoms with Gasteiger partial charge in [0.15, 0.2) is 0 Å². The zero-order valence-corrected chi connectivity index (χ0v) is 4.77. The molecule has 1 rings (SSSR count). The Kier molecular flexibility index (Phi) is 1.05. The number of hydrogen-bond acceptors (Lipinski definition) is 1. The van der Waals surface area contributed by atoms with Gasteiger partial charge in [-0.3, -0.25) is 0 Å². The van der Waals surface area contributed by atoms with Gasteiger partial charge < -0.3 is 10.3 Å². The van der Waals surface area contributed by atoms with Gasteiger partial charge in [-0.05, 0) is 6.92 Å². The third-order valence-electron chi connectivity index (χ3n) is 1.75. The molecule has 0 spiro atoms.